The molecule has 0 spiro atoms. The van der Waals surface area contributed by atoms with Gasteiger partial charge in [-0.3, -0.25) is 0 Å². The molecule has 3 rings (SSSR count). The van der Waals surface area contributed by atoms with Crippen LogP contribution in [0.25, 0.3) is 0 Å². The molecule has 7 heteroatoms. The van der Waals surface area contributed by atoms with Crippen LogP contribution in [0.2, 0.25) is 0 Å². The number of benzene rings is 2. The molecule has 2 aromatic carbocycles. The van der Waals surface area contributed by atoms with E-state index in [9.17, 15) is 26.3 Å². The molecule has 0 atom stereocenters. The zero-order chi connectivity index (χ0) is 23.3. The second-order valence-corrected chi connectivity index (χ2v) is 8.15. The van der Waals surface area contributed by atoms with Crippen molar-refractivity contribution in [3.63, 3.8) is 0 Å². The van der Waals surface area contributed by atoms with Crippen molar-refractivity contribution in [2.75, 3.05) is 13.7 Å². The predicted molar refractivity (Wildman–Crippen MR) is 110 cm³/mol. The zero-order valence-electron chi connectivity index (χ0n) is 17.7. The van der Waals surface area contributed by atoms with E-state index in [2.05, 4.69) is 11.8 Å². The Morgan fingerprint density at radius 2 is 1.56 bits per heavy atom. The third-order valence-corrected chi connectivity index (χ3v) is 5.94. The van der Waals surface area contributed by atoms with Gasteiger partial charge in [-0.15, -0.1) is 0 Å². The zero-order valence-corrected chi connectivity index (χ0v) is 17.7. The minimum Gasteiger partial charge on any atom is -0.385 e. The smallest absolute Gasteiger partial charge is 0.385 e. The van der Waals surface area contributed by atoms with Crippen molar-refractivity contribution in [2.45, 2.75) is 50.6 Å². The molecule has 0 unspecified atom stereocenters. The molecule has 0 heterocycles. The molecule has 0 N–H and O–H groups in total. The second kappa shape index (κ2) is 10.4. The van der Waals surface area contributed by atoms with Crippen molar-refractivity contribution in [3.8, 4) is 11.8 Å². The molecule has 1 aliphatic carbocycles. The van der Waals surface area contributed by atoms with Crippen LogP contribution in [0.5, 0.6) is 0 Å². The van der Waals surface area contributed by atoms with Crippen LogP contribution in [-0.2, 0) is 10.9 Å². The normalized spacial score (nSPS) is 18.8. The Balaban J connectivity index is 1.68. The lowest BCUT2D eigenvalue weighted by molar-refractivity contribution is -0.142. The number of hydrogen-bond donors (Lipinski definition) is 0. The Kier molecular flexibility index (Phi) is 7.89. The molecule has 32 heavy (non-hydrogen) atoms. The largest absolute Gasteiger partial charge is 0.422 e. The van der Waals surface area contributed by atoms with E-state index >= 15 is 0 Å². The van der Waals surface area contributed by atoms with E-state index in [1.807, 2.05) is 0 Å². The van der Waals surface area contributed by atoms with Crippen molar-refractivity contribution in [1.29, 1.82) is 0 Å². The lowest BCUT2D eigenvalue weighted by Crippen LogP contribution is -2.14. The van der Waals surface area contributed by atoms with Gasteiger partial charge in [0, 0.05) is 19.3 Å². The molecule has 172 valence electrons. The number of hydrogen-bond acceptors (Lipinski definition) is 1. The fourth-order valence-electron chi connectivity index (χ4n) is 4.24. The lowest BCUT2D eigenvalue weighted by Gasteiger charge is -2.29. The van der Waals surface area contributed by atoms with Crippen LogP contribution in [0.4, 0.5) is 26.3 Å². The van der Waals surface area contributed by atoms with Crippen LogP contribution in [0, 0.1) is 35.2 Å². The van der Waals surface area contributed by atoms with Gasteiger partial charge in [0.05, 0.1) is 5.56 Å². The second-order valence-electron chi connectivity index (χ2n) is 8.15. The highest BCUT2D eigenvalue weighted by Gasteiger charge is 2.37. The highest BCUT2D eigenvalue weighted by atomic mass is 19.4. The van der Waals surface area contributed by atoms with Crippen molar-refractivity contribution in [1.82, 2.24) is 0 Å². The average Bonchev–Trinajstić information content (AvgIpc) is 2.72. The van der Waals surface area contributed by atoms with Gasteiger partial charge in [-0.25, -0.2) is 13.2 Å². The fraction of sp³-hybridized carbons (Fsp3) is 0.440. The summed E-state index contributed by atoms with van der Waals surface area (Å²) in [4.78, 5) is 0. The Hall–Kier alpha value is -2.46. The average molecular weight is 454 g/mol. The highest BCUT2D eigenvalue weighted by molar-refractivity contribution is 5.46. The highest BCUT2D eigenvalue weighted by Crippen LogP contribution is 2.38. The van der Waals surface area contributed by atoms with E-state index in [0.29, 0.717) is 18.1 Å². The molecular weight excluding hydrogens is 430 g/mol. The maximum Gasteiger partial charge on any atom is 0.422 e. The number of methoxy groups -OCH3 is 1. The van der Waals surface area contributed by atoms with Gasteiger partial charge in [-0.1, -0.05) is 17.9 Å². The topological polar surface area (TPSA) is 9.23 Å². The van der Waals surface area contributed by atoms with Gasteiger partial charge >= 0.3 is 6.18 Å². The van der Waals surface area contributed by atoms with E-state index in [4.69, 9.17) is 4.74 Å². The molecule has 1 aliphatic rings. The van der Waals surface area contributed by atoms with Gasteiger partial charge in [0.2, 0.25) is 0 Å². The maximum absolute atomic E-state index is 14.6. The molecule has 0 aliphatic heterocycles. The molecule has 1 fully saturated rings. The molecule has 0 radical (unpaired) electrons. The summed E-state index contributed by atoms with van der Waals surface area (Å²) in [5.41, 5.74) is -1.37. The van der Waals surface area contributed by atoms with Gasteiger partial charge in [-0.05, 0) is 80.2 Å². The van der Waals surface area contributed by atoms with E-state index < -0.39 is 29.2 Å². The Morgan fingerprint density at radius 3 is 2.12 bits per heavy atom. The standard InChI is InChI=1S/C25H24F6O/c1-32-12-2-3-16-4-7-18(8-5-16)20-11-10-19(21(26)15-20)9-6-17-13-22(27)24(23(28)14-17)25(29,30)31/h10-11,13-16,18H,2-5,7-8,12H2,1H3. The summed E-state index contributed by atoms with van der Waals surface area (Å²) in [7, 11) is 1.69. The quantitative estimate of drug-likeness (QED) is 0.263. The summed E-state index contributed by atoms with van der Waals surface area (Å²) < 4.78 is 85.0. The minimum atomic E-state index is -5.15. The summed E-state index contributed by atoms with van der Waals surface area (Å²) in [5.74, 6) is 1.66. The SMILES string of the molecule is COCCCC1CCC(c2ccc(C#Cc3cc(F)c(C(F)(F)F)c(F)c3)c(F)c2)CC1. The molecule has 2 aromatic rings. The number of alkyl halides is 3. The van der Waals surface area contributed by atoms with Crippen molar-refractivity contribution >= 4 is 0 Å². The van der Waals surface area contributed by atoms with Crippen LogP contribution in [0.3, 0.4) is 0 Å². The molecule has 0 bridgehead atoms. The van der Waals surface area contributed by atoms with Gasteiger partial charge in [0.25, 0.3) is 0 Å². The van der Waals surface area contributed by atoms with Gasteiger partial charge in [0.15, 0.2) is 0 Å². The van der Waals surface area contributed by atoms with Gasteiger partial charge < -0.3 is 4.74 Å². The van der Waals surface area contributed by atoms with Crippen molar-refractivity contribution in [3.05, 3.63) is 70.0 Å². The summed E-state index contributed by atoms with van der Waals surface area (Å²) >= 11 is 0. The summed E-state index contributed by atoms with van der Waals surface area (Å²) in [6.45, 7) is 0.763. The summed E-state index contributed by atoms with van der Waals surface area (Å²) in [6.07, 6.45) is 1.16. The third kappa shape index (κ3) is 6.07. The Labute approximate surface area is 183 Å². The van der Waals surface area contributed by atoms with Crippen molar-refractivity contribution < 1.29 is 31.1 Å². The Bertz CT molecular complexity index is 971. The van der Waals surface area contributed by atoms with Crippen LogP contribution in [0.15, 0.2) is 30.3 Å². The Morgan fingerprint density at radius 1 is 0.906 bits per heavy atom. The monoisotopic (exact) mass is 454 g/mol. The molecule has 0 saturated heterocycles. The summed E-state index contributed by atoms with van der Waals surface area (Å²) in [5, 5.41) is 0. The van der Waals surface area contributed by atoms with Crippen LogP contribution in [0.1, 0.15) is 66.7 Å². The van der Waals surface area contributed by atoms with Crippen molar-refractivity contribution in [2.24, 2.45) is 5.92 Å². The first-order valence-electron chi connectivity index (χ1n) is 10.6. The molecule has 1 saturated carbocycles. The fourth-order valence-corrected chi connectivity index (χ4v) is 4.24. The number of halogens is 6. The van der Waals surface area contributed by atoms with E-state index in [0.717, 1.165) is 50.7 Å². The molecule has 0 aromatic heterocycles. The first kappa shape index (κ1) is 24.2. The first-order valence-corrected chi connectivity index (χ1v) is 10.6. The minimum absolute atomic E-state index is 0.0164. The van der Waals surface area contributed by atoms with Gasteiger partial charge in [-0.2, -0.15) is 13.2 Å². The number of ether oxygens (including phenoxy) is 1. The third-order valence-electron chi connectivity index (χ3n) is 5.94. The predicted octanol–water partition coefficient (Wildman–Crippen LogP) is 7.22. The number of rotatable bonds is 5. The summed E-state index contributed by atoms with van der Waals surface area (Å²) in [6, 6.07) is 5.70. The lowest BCUT2D eigenvalue weighted by atomic mass is 9.77. The maximum atomic E-state index is 14.6. The molecular formula is C25H24F6O. The van der Waals surface area contributed by atoms with Crippen LogP contribution in [-0.4, -0.2) is 13.7 Å². The van der Waals surface area contributed by atoms with Crippen LogP contribution >= 0.6 is 0 Å². The van der Waals surface area contributed by atoms with Crippen LogP contribution < -0.4 is 0 Å². The van der Waals surface area contributed by atoms with E-state index in [1.54, 1.807) is 13.2 Å². The van der Waals surface area contributed by atoms with Gasteiger partial charge in [0.1, 0.15) is 23.0 Å². The first-order chi connectivity index (χ1) is 15.2. The van der Waals surface area contributed by atoms with E-state index in [1.165, 1.54) is 12.1 Å². The molecule has 1 nitrogen and oxygen atoms in total. The molecule has 0 amide bonds. The van der Waals surface area contributed by atoms with E-state index in [-0.39, 0.29) is 17.0 Å².